The Balaban J connectivity index is 1.78. The summed E-state index contributed by atoms with van der Waals surface area (Å²) in [6.07, 6.45) is 0.446. The van der Waals surface area contributed by atoms with Gasteiger partial charge in [-0.15, -0.1) is 0 Å². The Labute approximate surface area is 120 Å². The molecule has 0 heterocycles. The summed E-state index contributed by atoms with van der Waals surface area (Å²) in [7, 11) is 0. The fourth-order valence-electron chi connectivity index (χ4n) is 1.92. The fraction of sp³-hybridized carbons (Fsp3) is 0.235. The van der Waals surface area contributed by atoms with Crippen LogP contribution in [0.1, 0.15) is 17.5 Å². The molecule has 20 heavy (non-hydrogen) atoms. The number of anilines is 2. The van der Waals surface area contributed by atoms with E-state index >= 15 is 0 Å². The summed E-state index contributed by atoms with van der Waals surface area (Å²) in [5, 5.41) is 6.14. The topological polar surface area (TPSA) is 41.1 Å². The quantitative estimate of drug-likeness (QED) is 0.867. The van der Waals surface area contributed by atoms with Crippen molar-refractivity contribution in [3.63, 3.8) is 0 Å². The number of benzene rings is 2. The molecule has 3 heteroatoms. The zero-order chi connectivity index (χ0) is 14.4. The van der Waals surface area contributed by atoms with E-state index in [-0.39, 0.29) is 5.91 Å². The number of carbonyl (C=O) groups is 1. The van der Waals surface area contributed by atoms with Crippen molar-refractivity contribution in [2.75, 3.05) is 17.2 Å². The maximum atomic E-state index is 11.8. The normalized spacial score (nSPS) is 10.1. The highest BCUT2D eigenvalue weighted by molar-refractivity contribution is 5.90. The average Bonchev–Trinajstić information content (AvgIpc) is 2.44. The lowest BCUT2D eigenvalue weighted by molar-refractivity contribution is -0.115. The molecule has 0 radical (unpaired) electrons. The van der Waals surface area contributed by atoms with E-state index in [0.717, 1.165) is 11.4 Å². The van der Waals surface area contributed by atoms with Gasteiger partial charge in [-0.05, 0) is 49.2 Å². The van der Waals surface area contributed by atoms with Gasteiger partial charge in [-0.2, -0.15) is 0 Å². The molecule has 0 saturated carbocycles. The number of amides is 1. The molecule has 2 N–H and O–H groups in total. The summed E-state index contributed by atoms with van der Waals surface area (Å²) >= 11 is 0. The lowest BCUT2D eigenvalue weighted by Gasteiger charge is -2.09. The van der Waals surface area contributed by atoms with Gasteiger partial charge in [0.25, 0.3) is 0 Å². The van der Waals surface area contributed by atoms with Crippen molar-refractivity contribution in [1.82, 2.24) is 0 Å². The first-order chi connectivity index (χ1) is 9.65. The van der Waals surface area contributed by atoms with Gasteiger partial charge in [0.05, 0.1) is 0 Å². The van der Waals surface area contributed by atoms with Gasteiger partial charge < -0.3 is 10.6 Å². The number of hydrogen-bond donors (Lipinski definition) is 2. The van der Waals surface area contributed by atoms with Gasteiger partial charge in [0, 0.05) is 24.3 Å². The van der Waals surface area contributed by atoms with Crippen LogP contribution in [0.3, 0.4) is 0 Å². The highest BCUT2D eigenvalue weighted by atomic mass is 16.1. The second kappa shape index (κ2) is 6.75. The molecule has 3 nitrogen and oxygen atoms in total. The predicted octanol–water partition coefficient (Wildman–Crippen LogP) is 3.74. The minimum Gasteiger partial charge on any atom is -0.385 e. The molecule has 0 fully saturated rings. The van der Waals surface area contributed by atoms with Gasteiger partial charge in [-0.25, -0.2) is 0 Å². The number of rotatable bonds is 5. The number of para-hydroxylation sites is 1. The summed E-state index contributed by atoms with van der Waals surface area (Å²) in [4.78, 5) is 11.8. The van der Waals surface area contributed by atoms with E-state index in [1.807, 2.05) is 36.4 Å². The Morgan fingerprint density at radius 1 is 0.950 bits per heavy atom. The van der Waals surface area contributed by atoms with E-state index in [0.29, 0.717) is 13.0 Å². The molecule has 0 atom stereocenters. The lowest BCUT2D eigenvalue weighted by atomic mass is 10.1. The van der Waals surface area contributed by atoms with Gasteiger partial charge in [0.15, 0.2) is 0 Å². The summed E-state index contributed by atoms with van der Waals surface area (Å²) in [5.74, 6) is 0.0209. The number of hydrogen-bond acceptors (Lipinski definition) is 2. The third-order valence-corrected chi connectivity index (χ3v) is 3.25. The van der Waals surface area contributed by atoms with Crippen LogP contribution in [0.4, 0.5) is 11.4 Å². The van der Waals surface area contributed by atoms with Gasteiger partial charge in [0.2, 0.25) is 5.91 Å². The van der Waals surface area contributed by atoms with Crippen molar-refractivity contribution in [1.29, 1.82) is 0 Å². The fourth-order valence-corrected chi connectivity index (χ4v) is 1.92. The molecule has 0 spiro atoms. The van der Waals surface area contributed by atoms with Gasteiger partial charge in [-0.1, -0.05) is 24.3 Å². The molecule has 0 aromatic heterocycles. The Morgan fingerprint density at radius 2 is 1.70 bits per heavy atom. The minimum atomic E-state index is 0.0209. The molecule has 2 aromatic carbocycles. The van der Waals surface area contributed by atoms with E-state index in [1.54, 1.807) is 0 Å². The van der Waals surface area contributed by atoms with Crippen LogP contribution in [0, 0.1) is 13.8 Å². The number of nitrogens with one attached hydrogen (secondary N) is 2. The lowest BCUT2D eigenvalue weighted by Crippen LogP contribution is -2.16. The Morgan fingerprint density at radius 3 is 2.40 bits per heavy atom. The second-order valence-electron chi connectivity index (χ2n) is 4.89. The van der Waals surface area contributed by atoms with Crippen LogP contribution >= 0.6 is 0 Å². The summed E-state index contributed by atoms with van der Waals surface area (Å²) < 4.78 is 0. The zero-order valence-corrected chi connectivity index (χ0v) is 11.9. The molecule has 0 bridgehead atoms. The van der Waals surface area contributed by atoms with Crippen LogP contribution < -0.4 is 10.6 Å². The molecular weight excluding hydrogens is 248 g/mol. The van der Waals surface area contributed by atoms with E-state index in [9.17, 15) is 4.79 Å². The van der Waals surface area contributed by atoms with Gasteiger partial charge in [-0.3, -0.25) is 4.79 Å². The first-order valence-corrected chi connectivity index (χ1v) is 6.81. The van der Waals surface area contributed by atoms with Crippen molar-refractivity contribution in [3.05, 3.63) is 59.7 Å². The van der Waals surface area contributed by atoms with Crippen molar-refractivity contribution < 1.29 is 4.79 Å². The molecule has 2 aromatic rings. The summed E-state index contributed by atoms with van der Waals surface area (Å²) in [6.45, 7) is 4.80. The van der Waals surface area contributed by atoms with Crippen LogP contribution in [-0.2, 0) is 4.79 Å². The highest BCUT2D eigenvalue weighted by Gasteiger charge is 2.02. The van der Waals surface area contributed by atoms with Gasteiger partial charge >= 0.3 is 0 Å². The Hall–Kier alpha value is -2.29. The molecule has 0 saturated heterocycles. The molecule has 0 aliphatic heterocycles. The van der Waals surface area contributed by atoms with Crippen molar-refractivity contribution >= 4 is 17.3 Å². The molecular formula is C17H20N2O. The maximum absolute atomic E-state index is 11.8. The number of carbonyl (C=O) groups excluding carboxylic acids is 1. The zero-order valence-electron chi connectivity index (χ0n) is 11.9. The van der Waals surface area contributed by atoms with Crippen molar-refractivity contribution in [2.45, 2.75) is 20.3 Å². The molecule has 0 aliphatic rings. The predicted molar refractivity (Wildman–Crippen MR) is 84.1 cm³/mol. The van der Waals surface area contributed by atoms with E-state index in [4.69, 9.17) is 0 Å². The van der Waals surface area contributed by atoms with E-state index < -0.39 is 0 Å². The molecule has 0 unspecified atom stereocenters. The SMILES string of the molecule is Cc1ccc(NCCC(=O)Nc2ccccc2)cc1C. The molecule has 2 rings (SSSR count). The van der Waals surface area contributed by atoms with Crippen molar-refractivity contribution in [2.24, 2.45) is 0 Å². The van der Waals surface area contributed by atoms with Crippen LogP contribution in [0.15, 0.2) is 48.5 Å². The monoisotopic (exact) mass is 268 g/mol. The van der Waals surface area contributed by atoms with Crippen LogP contribution in [-0.4, -0.2) is 12.5 Å². The largest absolute Gasteiger partial charge is 0.385 e. The Kier molecular flexibility index (Phi) is 4.77. The highest BCUT2D eigenvalue weighted by Crippen LogP contribution is 2.14. The first-order valence-electron chi connectivity index (χ1n) is 6.81. The average molecular weight is 268 g/mol. The molecule has 1 amide bonds. The smallest absolute Gasteiger partial charge is 0.226 e. The molecule has 104 valence electrons. The van der Waals surface area contributed by atoms with Crippen molar-refractivity contribution in [3.8, 4) is 0 Å². The third kappa shape index (κ3) is 4.12. The van der Waals surface area contributed by atoms with Crippen LogP contribution in [0.5, 0.6) is 0 Å². The summed E-state index contributed by atoms with van der Waals surface area (Å²) in [5.41, 5.74) is 4.42. The number of aryl methyl sites for hydroxylation is 2. The molecule has 0 aliphatic carbocycles. The summed E-state index contributed by atoms with van der Waals surface area (Å²) in [6, 6.07) is 15.7. The van der Waals surface area contributed by atoms with Gasteiger partial charge in [0.1, 0.15) is 0 Å². The van der Waals surface area contributed by atoms with Crippen LogP contribution in [0.25, 0.3) is 0 Å². The van der Waals surface area contributed by atoms with Crippen LogP contribution in [0.2, 0.25) is 0 Å². The third-order valence-electron chi connectivity index (χ3n) is 3.25. The van der Waals surface area contributed by atoms with E-state index in [2.05, 4.69) is 36.6 Å². The maximum Gasteiger partial charge on any atom is 0.226 e. The minimum absolute atomic E-state index is 0.0209. The van der Waals surface area contributed by atoms with E-state index in [1.165, 1.54) is 11.1 Å². The second-order valence-corrected chi connectivity index (χ2v) is 4.89. The first kappa shape index (κ1) is 14.1. The standard InChI is InChI=1S/C17H20N2O/c1-13-8-9-16(12-14(13)2)18-11-10-17(20)19-15-6-4-3-5-7-15/h3-9,12,18H,10-11H2,1-2H3,(H,19,20). The Bertz CT molecular complexity index is 579.